The first kappa shape index (κ1) is 21.0. The van der Waals surface area contributed by atoms with Crippen LogP contribution in [-0.4, -0.2) is 39.2 Å². The Labute approximate surface area is 166 Å². The average molecular weight is 455 g/mol. The Morgan fingerprint density at radius 2 is 1.84 bits per heavy atom. The maximum Gasteiger partial charge on any atom is 0.191 e. The first-order valence-corrected chi connectivity index (χ1v) is 7.83. The van der Waals surface area contributed by atoms with Crippen LogP contribution in [0, 0.1) is 0 Å². The maximum absolute atomic E-state index is 5.24. The minimum atomic E-state index is 0. The molecule has 0 bridgehead atoms. The lowest BCUT2D eigenvalue weighted by atomic mass is 10.2. The second kappa shape index (κ2) is 10.8. The van der Waals surface area contributed by atoms with Crippen LogP contribution < -0.4 is 20.3 Å². The number of halogens is 1. The summed E-state index contributed by atoms with van der Waals surface area (Å²) in [6.45, 7) is 1.28. The van der Waals surface area contributed by atoms with Crippen LogP contribution in [-0.2, 0) is 13.1 Å². The molecule has 0 spiro atoms. The van der Waals surface area contributed by atoms with Gasteiger partial charge < -0.3 is 20.3 Å². The van der Waals surface area contributed by atoms with Gasteiger partial charge in [0.15, 0.2) is 5.96 Å². The van der Waals surface area contributed by atoms with Gasteiger partial charge in [-0.25, -0.2) is 4.98 Å². The molecule has 2 rings (SSSR count). The van der Waals surface area contributed by atoms with Crippen molar-refractivity contribution >= 4 is 35.8 Å². The van der Waals surface area contributed by atoms with Gasteiger partial charge >= 0.3 is 0 Å². The van der Waals surface area contributed by atoms with E-state index in [0.717, 1.165) is 28.8 Å². The van der Waals surface area contributed by atoms with E-state index in [9.17, 15) is 0 Å². The van der Waals surface area contributed by atoms with Crippen molar-refractivity contribution in [2.24, 2.45) is 4.99 Å². The van der Waals surface area contributed by atoms with Crippen LogP contribution >= 0.6 is 24.0 Å². The van der Waals surface area contributed by atoms with Gasteiger partial charge in [-0.15, -0.1) is 24.0 Å². The Morgan fingerprint density at radius 3 is 2.52 bits per heavy atom. The van der Waals surface area contributed by atoms with E-state index in [1.807, 2.05) is 61.5 Å². The third kappa shape index (κ3) is 6.77. The lowest BCUT2D eigenvalue weighted by Gasteiger charge is -2.14. The quantitative estimate of drug-likeness (QED) is 0.399. The van der Waals surface area contributed by atoms with Crippen LogP contribution in [0.4, 0.5) is 5.82 Å². The topological polar surface area (TPSA) is 61.8 Å². The van der Waals surface area contributed by atoms with Gasteiger partial charge in [-0.1, -0.05) is 18.2 Å². The lowest BCUT2D eigenvalue weighted by Crippen LogP contribution is -2.36. The molecule has 0 aliphatic heterocycles. The molecule has 0 unspecified atom stereocenters. The van der Waals surface area contributed by atoms with Gasteiger partial charge in [0, 0.05) is 27.7 Å². The van der Waals surface area contributed by atoms with Gasteiger partial charge in [0.2, 0.25) is 0 Å². The number of anilines is 1. The van der Waals surface area contributed by atoms with E-state index in [0.29, 0.717) is 13.1 Å². The van der Waals surface area contributed by atoms with Gasteiger partial charge in [-0.2, -0.15) is 0 Å². The summed E-state index contributed by atoms with van der Waals surface area (Å²) in [6, 6.07) is 13.9. The van der Waals surface area contributed by atoms with Crippen molar-refractivity contribution in [2.45, 2.75) is 13.1 Å². The molecule has 0 aliphatic rings. The third-order valence-corrected chi connectivity index (χ3v) is 3.50. The molecule has 2 N–H and O–H groups in total. The molecule has 0 saturated carbocycles. The molecule has 1 heterocycles. The van der Waals surface area contributed by atoms with Gasteiger partial charge in [0.05, 0.1) is 19.3 Å². The Kier molecular flexibility index (Phi) is 9.04. The molecule has 25 heavy (non-hydrogen) atoms. The van der Waals surface area contributed by atoms with Crippen LogP contribution in [0.25, 0.3) is 0 Å². The predicted molar refractivity (Wildman–Crippen MR) is 114 cm³/mol. The summed E-state index contributed by atoms with van der Waals surface area (Å²) in [5, 5.41) is 6.57. The summed E-state index contributed by atoms with van der Waals surface area (Å²) in [5.74, 6) is 2.52. The van der Waals surface area contributed by atoms with E-state index in [1.54, 1.807) is 14.2 Å². The molecule has 0 aliphatic carbocycles. The third-order valence-electron chi connectivity index (χ3n) is 3.50. The van der Waals surface area contributed by atoms with Crippen LogP contribution in [0.1, 0.15) is 11.3 Å². The first-order valence-electron chi connectivity index (χ1n) is 7.83. The minimum Gasteiger partial charge on any atom is -0.497 e. The van der Waals surface area contributed by atoms with Crippen LogP contribution in [0.5, 0.6) is 5.75 Å². The summed E-state index contributed by atoms with van der Waals surface area (Å²) in [4.78, 5) is 10.8. The number of rotatable bonds is 6. The first-order chi connectivity index (χ1) is 11.6. The monoisotopic (exact) mass is 455 g/mol. The molecule has 0 radical (unpaired) electrons. The van der Waals surface area contributed by atoms with Crippen LogP contribution in [0.15, 0.2) is 47.5 Å². The fourth-order valence-corrected chi connectivity index (χ4v) is 2.18. The Hall–Kier alpha value is -2.03. The summed E-state index contributed by atoms with van der Waals surface area (Å²) in [5.41, 5.74) is 2.09. The number of ether oxygens (including phenoxy) is 1. The van der Waals surface area contributed by atoms with Crippen LogP contribution in [0.2, 0.25) is 0 Å². The minimum absolute atomic E-state index is 0. The van der Waals surface area contributed by atoms with E-state index in [2.05, 4.69) is 20.6 Å². The maximum atomic E-state index is 5.24. The predicted octanol–water partition coefficient (Wildman–Crippen LogP) is 2.64. The molecule has 1 aromatic heterocycles. The number of nitrogens with one attached hydrogen (secondary N) is 2. The second-order valence-corrected chi connectivity index (χ2v) is 5.51. The number of aromatic nitrogens is 1. The molecule has 136 valence electrons. The van der Waals surface area contributed by atoms with Crippen molar-refractivity contribution in [1.82, 2.24) is 15.6 Å². The normalized spacial score (nSPS) is 10.6. The summed E-state index contributed by atoms with van der Waals surface area (Å²) < 4.78 is 5.24. The van der Waals surface area contributed by atoms with Crippen molar-refractivity contribution < 1.29 is 4.74 Å². The number of guanidine groups is 1. The molecule has 0 atom stereocenters. The molecule has 7 heteroatoms. The smallest absolute Gasteiger partial charge is 0.191 e. The number of benzene rings is 1. The molecule has 0 fully saturated rings. The number of hydrogen-bond donors (Lipinski definition) is 2. The largest absolute Gasteiger partial charge is 0.497 e. The van der Waals surface area contributed by atoms with E-state index in [-0.39, 0.29) is 24.0 Å². The zero-order valence-electron chi connectivity index (χ0n) is 15.1. The fourth-order valence-electron chi connectivity index (χ4n) is 2.18. The number of pyridine rings is 1. The van der Waals surface area contributed by atoms with Crippen molar-refractivity contribution in [3.05, 3.63) is 53.7 Å². The highest BCUT2D eigenvalue weighted by atomic mass is 127. The summed E-state index contributed by atoms with van der Waals surface area (Å²) >= 11 is 0. The lowest BCUT2D eigenvalue weighted by molar-refractivity contribution is 0.414. The number of methoxy groups -OCH3 is 1. The van der Waals surface area contributed by atoms with Gasteiger partial charge in [-0.05, 0) is 29.8 Å². The highest BCUT2D eigenvalue weighted by Crippen LogP contribution is 2.12. The fraction of sp³-hybridized carbons (Fsp3) is 0.333. The molecule has 2 aromatic rings. The van der Waals surface area contributed by atoms with Crippen molar-refractivity contribution in [3.63, 3.8) is 0 Å². The van der Waals surface area contributed by atoms with Crippen molar-refractivity contribution in [2.75, 3.05) is 33.2 Å². The zero-order chi connectivity index (χ0) is 17.4. The Balaban J connectivity index is 0.00000312. The Morgan fingerprint density at radius 1 is 1.12 bits per heavy atom. The number of aliphatic imine (C=N–C) groups is 1. The molecule has 0 saturated heterocycles. The molecule has 0 amide bonds. The average Bonchev–Trinajstić information content (AvgIpc) is 2.62. The van der Waals surface area contributed by atoms with E-state index >= 15 is 0 Å². The Bertz CT molecular complexity index is 691. The van der Waals surface area contributed by atoms with Crippen molar-refractivity contribution in [3.8, 4) is 5.75 Å². The van der Waals surface area contributed by atoms with Gasteiger partial charge in [0.1, 0.15) is 11.6 Å². The highest BCUT2D eigenvalue weighted by Gasteiger charge is 2.03. The van der Waals surface area contributed by atoms with Crippen LogP contribution in [0.3, 0.4) is 0 Å². The van der Waals surface area contributed by atoms with Crippen molar-refractivity contribution in [1.29, 1.82) is 0 Å². The van der Waals surface area contributed by atoms with E-state index in [4.69, 9.17) is 4.74 Å². The van der Waals surface area contributed by atoms with Gasteiger partial charge in [0.25, 0.3) is 0 Å². The highest BCUT2D eigenvalue weighted by molar-refractivity contribution is 14.0. The van der Waals surface area contributed by atoms with E-state index in [1.165, 1.54) is 0 Å². The van der Waals surface area contributed by atoms with Gasteiger partial charge in [-0.3, -0.25) is 4.99 Å². The number of hydrogen-bond acceptors (Lipinski definition) is 4. The number of nitrogens with zero attached hydrogens (tertiary/aromatic N) is 3. The SMILES string of the molecule is CN=C(NCc1cccc(OC)c1)NCc1cccc(N(C)C)n1.I. The summed E-state index contributed by atoms with van der Waals surface area (Å²) in [7, 11) is 7.38. The summed E-state index contributed by atoms with van der Waals surface area (Å²) in [6.07, 6.45) is 0. The van der Waals surface area contributed by atoms with E-state index < -0.39 is 0 Å². The molecular formula is C18H26IN5O. The molecular weight excluding hydrogens is 429 g/mol. The standard InChI is InChI=1S/C18H25N5O.HI/c1-19-18(20-12-14-7-5-9-16(11-14)24-4)21-13-15-8-6-10-17(22-15)23(2)3;/h5-11H,12-13H2,1-4H3,(H2,19,20,21);1H. The second-order valence-electron chi connectivity index (χ2n) is 5.51. The molecule has 1 aromatic carbocycles. The zero-order valence-corrected chi connectivity index (χ0v) is 17.4. The molecule has 6 nitrogen and oxygen atoms in total.